The molecule has 0 atom stereocenters. The van der Waals surface area contributed by atoms with Crippen molar-refractivity contribution >= 4 is 5.82 Å². The van der Waals surface area contributed by atoms with Crippen LogP contribution in [0.2, 0.25) is 0 Å². The highest BCUT2D eigenvalue weighted by Crippen LogP contribution is 2.27. The van der Waals surface area contributed by atoms with Crippen molar-refractivity contribution in [2.75, 3.05) is 18.5 Å². The van der Waals surface area contributed by atoms with Gasteiger partial charge in [0.05, 0.1) is 0 Å². The zero-order valence-corrected chi connectivity index (χ0v) is 11.8. The number of hydrogen-bond acceptors (Lipinski definition) is 3. The Morgan fingerprint density at radius 1 is 1.39 bits per heavy atom. The first-order valence-electron chi connectivity index (χ1n) is 7.04. The molecule has 18 heavy (non-hydrogen) atoms. The first-order valence-corrected chi connectivity index (χ1v) is 7.04. The molecule has 1 saturated carbocycles. The van der Waals surface area contributed by atoms with Crippen LogP contribution in [-0.2, 0) is 6.54 Å². The van der Waals surface area contributed by atoms with E-state index in [0.29, 0.717) is 6.04 Å². The fraction of sp³-hybridized carbons (Fsp3) is 0.667. The van der Waals surface area contributed by atoms with Crippen LogP contribution < -0.4 is 10.2 Å². The predicted molar refractivity (Wildman–Crippen MR) is 76.8 cm³/mol. The number of pyridine rings is 1. The number of rotatable bonds is 6. The Bertz CT molecular complexity index is 355. The molecule has 0 aromatic carbocycles. The monoisotopic (exact) mass is 247 g/mol. The van der Waals surface area contributed by atoms with Crippen LogP contribution in [0.1, 0.15) is 38.7 Å². The lowest BCUT2D eigenvalue weighted by Crippen LogP contribution is -2.29. The molecular weight excluding hydrogens is 222 g/mol. The molecular formula is C15H25N3. The SMILES string of the molecule is CC(C)NCc1ccc(N(C)CC2CCC2)nc1. The molecule has 0 amide bonds. The minimum atomic E-state index is 0.519. The van der Waals surface area contributed by atoms with Crippen molar-refractivity contribution in [2.45, 2.75) is 45.7 Å². The summed E-state index contributed by atoms with van der Waals surface area (Å²) in [4.78, 5) is 6.84. The van der Waals surface area contributed by atoms with E-state index in [2.05, 4.69) is 48.2 Å². The predicted octanol–water partition coefficient (Wildman–Crippen LogP) is 2.82. The molecule has 1 aromatic heterocycles. The van der Waals surface area contributed by atoms with Gasteiger partial charge in [0.15, 0.2) is 0 Å². The second kappa shape index (κ2) is 6.19. The van der Waals surface area contributed by atoms with Gasteiger partial charge in [-0.25, -0.2) is 4.98 Å². The largest absolute Gasteiger partial charge is 0.359 e. The minimum absolute atomic E-state index is 0.519. The van der Waals surface area contributed by atoms with Crippen LogP contribution in [0.3, 0.4) is 0 Å². The molecule has 1 aromatic rings. The van der Waals surface area contributed by atoms with Crippen LogP contribution in [0.5, 0.6) is 0 Å². The molecule has 2 rings (SSSR count). The van der Waals surface area contributed by atoms with Crippen LogP contribution in [0.25, 0.3) is 0 Å². The Kier molecular flexibility index (Phi) is 4.59. The molecule has 3 nitrogen and oxygen atoms in total. The molecule has 1 fully saturated rings. The molecule has 1 aliphatic carbocycles. The summed E-state index contributed by atoms with van der Waals surface area (Å²) in [5, 5.41) is 3.41. The molecule has 1 heterocycles. The molecule has 0 aliphatic heterocycles. The second-order valence-corrected chi connectivity index (χ2v) is 5.74. The molecule has 0 bridgehead atoms. The zero-order valence-electron chi connectivity index (χ0n) is 11.8. The molecule has 0 radical (unpaired) electrons. The van der Waals surface area contributed by atoms with Gasteiger partial charge in [0.2, 0.25) is 0 Å². The number of aromatic nitrogens is 1. The van der Waals surface area contributed by atoms with Gasteiger partial charge < -0.3 is 10.2 Å². The van der Waals surface area contributed by atoms with Crippen molar-refractivity contribution in [2.24, 2.45) is 5.92 Å². The van der Waals surface area contributed by atoms with Crippen molar-refractivity contribution in [1.29, 1.82) is 0 Å². The lowest BCUT2D eigenvalue weighted by atomic mass is 9.85. The third kappa shape index (κ3) is 3.70. The smallest absolute Gasteiger partial charge is 0.128 e. The summed E-state index contributed by atoms with van der Waals surface area (Å²) in [6, 6.07) is 4.83. The van der Waals surface area contributed by atoms with Gasteiger partial charge in [0.25, 0.3) is 0 Å². The molecule has 3 heteroatoms. The van der Waals surface area contributed by atoms with E-state index in [0.717, 1.165) is 24.8 Å². The van der Waals surface area contributed by atoms with E-state index in [-0.39, 0.29) is 0 Å². The first kappa shape index (κ1) is 13.3. The molecule has 0 spiro atoms. The first-order chi connectivity index (χ1) is 8.65. The maximum atomic E-state index is 4.55. The fourth-order valence-electron chi connectivity index (χ4n) is 2.23. The summed E-state index contributed by atoms with van der Waals surface area (Å²) < 4.78 is 0. The van der Waals surface area contributed by atoms with E-state index < -0.39 is 0 Å². The summed E-state index contributed by atoms with van der Waals surface area (Å²) in [6.45, 7) is 6.37. The van der Waals surface area contributed by atoms with E-state index in [1.165, 1.54) is 24.8 Å². The Balaban J connectivity index is 1.85. The standard InChI is InChI=1S/C15H25N3/c1-12(2)16-9-14-7-8-15(17-10-14)18(3)11-13-5-4-6-13/h7-8,10,12-13,16H,4-6,9,11H2,1-3H3. The number of hydrogen-bond donors (Lipinski definition) is 1. The quantitative estimate of drug-likeness (QED) is 0.838. The molecule has 1 N–H and O–H groups in total. The molecule has 0 saturated heterocycles. The van der Waals surface area contributed by atoms with Crippen molar-refractivity contribution < 1.29 is 0 Å². The summed E-state index contributed by atoms with van der Waals surface area (Å²) in [5.41, 5.74) is 1.25. The highest BCUT2D eigenvalue weighted by Gasteiger charge is 2.19. The van der Waals surface area contributed by atoms with Crippen molar-refractivity contribution in [3.05, 3.63) is 23.9 Å². The average Bonchev–Trinajstić information content (AvgIpc) is 2.31. The van der Waals surface area contributed by atoms with E-state index in [9.17, 15) is 0 Å². The Morgan fingerprint density at radius 2 is 2.17 bits per heavy atom. The summed E-state index contributed by atoms with van der Waals surface area (Å²) in [5.74, 6) is 1.98. The third-order valence-electron chi connectivity index (χ3n) is 3.67. The topological polar surface area (TPSA) is 28.2 Å². The van der Waals surface area contributed by atoms with Crippen LogP contribution in [0, 0.1) is 5.92 Å². The van der Waals surface area contributed by atoms with Crippen LogP contribution >= 0.6 is 0 Å². The fourth-order valence-corrected chi connectivity index (χ4v) is 2.23. The normalized spacial score (nSPS) is 15.8. The Morgan fingerprint density at radius 3 is 2.67 bits per heavy atom. The van der Waals surface area contributed by atoms with Crippen molar-refractivity contribution in [3.63, 3.8) is 0 Å². The Hall–Kier alpha value is -1.09. The van der Waals surface area contributed by atoms with E-state index >= 15 is 0 Å². The molecule has 0 unspecified atom stereocenters. The second-order valence-electron chi connectivity index (χ2n) is 5.74. The van der Waals surface area contributed by atoms with Gasteiger partial charge in [0.1, 0.15) is 5.82 Å². The summed E-state index contributed by atoms with van der Waals surface area (Å²) >= 11 is 0. The lowest BCUT2D eigenvalue weighted by Gasteiger charge is -2.30. The summed E-state index contributed by atoms with van der Waals surface area (Å²) in [6.07, 6.45) is 6.18. The minimum Gasteiger partial charge on any atom is -0.359 e. The maximum Gasteiger partial charge on any atom is 0.128 e. The molecule has 100 valence electrons. The summed E-state index contributed by atoms with van der Waals surface area (Å²) in [7, 11) is 2.15. The average molecular weight is 247 g/mol. The van der Waals surface area contributed by atoms with Gasteiger partial charge >= 0.3 is 0 Å². The van der Waals surface area contributed by atoms with Gasteiger partial charge in [-0.15, -0.1) is 0 Å². The lowest BCUT2D eigenvalue weighted by molar-refractivity contribution is 0.321. The van der Waals surface area contributed by atoms with Crippen molar-refractivity contribution in [3.8, 4) is 0 Å². The number of anilines is 1. The zero-order chi connectivity index (χ0) is 13.0. The number of nitrogens with zero attached hydrogens (tertiary/aromatic N) is 2. The third-order valence-corrected chi connectivity index (χ3v) is 3.67. The van der Waals surface area contributed by atoms with E-state index in [1.807, 2.05) is 6.20 Å². The molecule has 1 aliphatic rings. The van der Waals surface area contributed by atoms with Crippen LogP contribution in [0.4, 0.5) is 5.82 Å². The highest BCUT2D eigenvalue weighted by atomic mass is 15.2. The van der Waals surface area contributed by atoms with Gasteiger partial charge in [-0.1, -0.05) is 26.3 Å². The van der Waals surface area contributed by atoms with Crippen LogP contribution in [0.15, 0.2) is 18.3 Å². The van der Waals surface area contributed by atoms with Crippen molar-refractivity contribution in [1.82, 2.24) is 10.3 Å². The van der Waals surface area contributed by atoms with E-state index in [1.54, 1.807) is 0 Å². The van der Waals surface area contributed by atoms with Gasteiger partial charge in [-0.05, 0) is 30.4 Å². The maximum absolute atomic E-state index is 4.55. The number of nitrogens with one attached hydrogen (secondary N) is 1. The highest BCUT2D eigenvalue weighted by molar-refractivity contribution is 5.38. The van der Waals surface area contributed by atoms with E-state index in [4.69, 9.17) is 0 Å². The van der Waals surface area contributed by atoms with Gasteiger partial charge in [-0.2, -0.15) is 0 Å². The Labute approximate surface area is 111 Å². The van der Waals surface area contributed by atoms with Gasteiger partial charge in [-0.3, -0.25) is 0 Å². The van der Waals surface area contributed by atoms with Gasteiger partial charge in [0, 0.05) is 32.4 Å². The van der Waals surface area contributed by atoms with Crippen LogP contribution in [-0.4, -0.2) is 24.6 Å².